The van der Waals surface area contributed by atoms with E-state index < -0.39 is 10.0 Å². The van der Waals surface area contributed by atoms with Crippen LogP contribution in [0.5, 0.6) is 0 Å². The van der Waals surface area contributed by atoms with E-state index in [-0.39, 0.29) is 17.5 Å². The first-order valence-electron chi connectivity index (χ1n) is 7.30. The van der Waals surface area contributed by atoms with Crippen LogP contribution >= 0.6 is 0 Å². The van der Waals surface area contributed by atoms with Crippen LogP contribution in [-0.2, 0) is 17.1 Å². The van der Waals surface area contributed by atoms with E-state index in [9.17, 15) is 13.2 Å². The first-order chi connectivity index (χ1) is 10.5. The largest absolute Gasteiger partial charge is 0.330 e. The first-order valence-corrected chi connectivity index (χ1v) is 8.91. The van der Waals surface area contributed by atoms with Gasteiger partial charge in [0.05, 0.1) is 18.0 Å². The van der Waals surface area contributed by atoms with Crippen molar-refractivity contribution in [3.05, 3.63) is 23.0 Å². The predicted octanol–water partition coefficient (Wildman–Crippen LogP) is 0.117. The zero-order valence-electron chi connectivity index (χ0n) is 12.6. The van der Waals surface area contributed by atoms with Crippen LogP contribution in [0, 0.1) is 0 Å². The standard InChI is InChI=1S/C13H19N5O3S/c1-3-6-22(20,21)17-5-4-10(8-17)18-12-11(7-14-9-15-12)16(2)13(18)19/h7,9-10H,3-6,8H2,1-2H3/t10-/m0/s1. The number of rotatable bonds is 4. The number of hydrogen-bond donors (Lipinski definition) is 0. The Morgan fingerprint density at radius 3 is 2.91 bits per heavy atom. The molecule has 1 fully saturated rings. The van der Waals surface area contributed by atoms with E-state index >= 15 is 0 Å². The van der Waals surface area contributed by atoms with Gasteiger partial charge in [0.15, 0.2) is 5.65 Å². The topological polar surface area (TPSA) is 90.1 Å². The number of aryl methyl sites for hydroxylation is 1. The summed E-state index contributed by atoms with van der Waals surface area (Å²) >= 11 is 0. The van der Waals surface area contributed by atoms with Gasteiger partial charge >= 0.3 is 5.69 Å². The third-order valence-electron chi connectivity index (χ3n) is 4.10. The third kappa shape index (κ3) is 2.34. The third-order valence-corrected chi connectivity index (χ3v) is 6.14. The summed E-state index contributed by atoms with van der Waals surface area (Å²) < 4.78 is 28.9. The lowest BCUT2D eigenvalue weighted by Crippen LogP contribution is -2.33. The minimum atomic E-state index is -3.23. The monoisotopic (exact) mass is 325 g/mol. The minimum absolute atomic E-state index is 0.145. The van der Waals surface area contributed by atoms with Gasteiger partial charge in [0.2, 0.25) is 10.0 Å². The summed E-state index contributed by atoms with van der Waals surface area (Å²) in [7, 11) is -1.56. The molecule has 1 atom stereocenters. The van der Waals surface area contributed by atoms with E-state index in [2.05, 4.69) is 9.97 Å². The quantitative estimate of drug-likeness (QED) is 0.796. The number of sulfonamides is 1. The molecule has 0 aliphatic carbocycles. The molecule has 0 amide bonds. The molecule has 120 valence electrons. The lowest BCUT2D eigenvalue weighted by Gasteiger charge is -2.16. The summed E-state index contributed by atoms with van der Waals surface area (Å²) in [6.07, 6.45) is 4.20. The second kappa shape index (κ2) is 5.47. The van der Waals surface area contributed by atoms with Crippen molar-refractivity contribution in [2.75, 3.05) is 18.8 Å². The number of fused-ring (bicyclic) bond motifs is 1. The molecule has 8 nitrogen and oxygen atoms in total. The Balaban J connectivity index is 1.98. The van der Waals surface area contributed by atoms with Gasteiger partial charge in [0.25, 0.3) is 0 Å². The highest BCUT2D eigenvalue weighted by atomic mass is 32.2. The lowest BCUT2D eigenvalue weighted by molar-refractivity contribution is 0.449. The van der Waals surface area contributed by atoms with Crippen LogP contribution in [0.25, 0.3) is 11.2 Å². The first kappa shape index (κ1) is 15.2. The molecule has 1 aliphatic rings. The molecule has 0 spiro atoms. The fourth-order valence-electron chi connectivity index (χ4n) is 2.98. The Morgan fingerprint density at radius 2 is 2.18 bits per heavy atom. The van der Waals surface area contributed by atoms with Crippen molar-refractivity contribution in [2.45, 2.75) is 25.8 Å². The van der Waals surface area contributed by atoms with E-state index in [4.69, 9.17) is 0 Å². The van der Waals surface area contributed by atoms with Gasteiger partial charge < -0.3 is 0 Å². The highest BCUT2D eigenvalue weighted by molar-refractivity contribution is 7.89. The molecule has 0 bridgehead atoms. The van der Waals surface area contributed by atoms with Gasteiger partial charge in [-0.15, -0.1) is 0 Å². The van der Waals surface area contributed by atoms with E-state index in [1.54, 1.807) is 17.8 Å². The number of imidazole rings is 1. The molecule has 2 aromatic heterocycles. The highest BCUT2D eigenvalue weighted by Gasteiger charge is 2.33. The molecule has 3 rings (SSSR count). The van der Waals surface area contributed by atoms with E-state index in [0.717, 1.165) is 0 Å². The van der Waals surface area contributed by atoms with Crippen molar-refractivity contribution in [3.8, 4) is 0 Å². The molecule has 0 N–H and O–H groups in total. The Hall–Kier alpha value is -1.74. The molecule has 1 saturated heterocycles. The van der Waals surface area contributed by atoms with Gasteiger partial charge in [-0.25, -0.2) is 23.2 Å². The summed E-state index contributed by atoms with van der Waals surface area (Å²) in [5.41, 5.74) is 1.03. The van der Waals surface area contributed by atoms with Crippen molar-refractivity contribution in [2.24, 2.45) is 7.05 Å². The van der Waals surface area contributed by atoms with Gasteiger partial charge in [-0.2, -0.15) is 4.31 Å². The summed E-state index contributed by atoms with van der Waals surface area (Å²) in [4.78, 5) is 20.6. The molecule has 0 aromatic carbocycles. The van der Waals surface area contributed by atoms with Gasteiger partial charge in [0.1, 0.15) is 11.8 Å². The summed E-state index contributed by atoms with van der Waals surface area (Å²) in [6.45, 7) is 2.61. The van der Waals surface area contributed by atoms with E-state index in [0.29, 0.717) is 37.1 Å². The maximum absolute atomic E-state index is 12.4. The van der Waals surface area contributed by atoms with Gasteiger partial charge in [0, 0.05) is 20.1 Å². The van der Waals surface area contributed by atoms with Crippen LogP contribution in [0.1, 0.15) is 25.8 Å². The number of hydrogen-bond acceptors (Lipinski definition) is 5. The number of aromatic nitrogens is 4. The fraction of sp³-hybridized carbons (Fsp3) is 0.615. The van der Waals surface area contributed by atoms with Crippen LogP contribution < -0.4 is 5.69 Å². The van der Waals surface area contributed by atoms with Gasteiger partial charge in [-0.3, -0.25) is 9.13 Å². The zero-order valence-corrected chi connectivity index (χ0v) is 13.5. The summed E-state index contributed by atoms with van der Waals surface area (Å²) in [6, 6.07) is -0.183. The molecular weight excluding hydrogens is 306 g/mol. The Bertz CT molecular complexity index is 854. The molecule has 22 heavy (non-hydrogen) atoms. The van der Waals surface area contributed by atoms with Crippen LogP contribution in [0.15, 0.2) is 17.3 Å². The van der Waals surface area contributed by atoms with E-state index in [1.807, 2.05) is 6.92 Å². The molecular formula is C13H19N5O3S. The van der Waals surface area contributed by atoms with Crippen molar-refractivity contribution in [1.82, 2.24) is 23.4 Å². The maximum atomic E-state index is 12.4. The number of nitrogens with zero attached hydrogens (tertiary/aromatic N) is 5. The van der Waals surface area contributed by atoms with Crippen molar-refractivity contribution in [3.63, 3.8) is 0 Å². The van der Waals surface area contributed by atoms with Crippen LogP contribution in [-0.4, -0.2) is 50.7 Å². The molecule has 9 heteroatoms. The van der Waals surface area contributed by atoms with Crippen molar-refractivity contribution >= 4 is 21.2 Å². The molecule has 0 unspecified atom stereocenters. The average molecular weight is 325 g/mol. The van der Waals surface area contributed by atoms with Crippen LogP contribution in [0.2, 0.25) is 0 Å². The molecule has 2 aromatic rings. The van der Waals surface area contributed by atoms with Crippen molar-refractivity contribution < 1.29 is 8.42 Å². The molecule has 0 radical (unpaired) electrons. The normalized spacial score (nSPS) is 20.0. The average Bonchev–Trinajstić information content (AvgIpc) is 3.05. The lowest BCUT2D eigenvalue weighted by atomic mass is 10.2. The second-order valence-corrected chi connectivity index (χ2v) is 7.65. The van der Waals surface area contributed by atoms with Gasteiger partial charge in [-0.05, 0) is 12.8 Å². The summed E-state index contributed by atoms with van der Waals surface area (Å²) in [5, 5.41) is 0. The second-order valence-electron chi connectivity index (χ2n) is 5.56. The van der Waals surface area contributed by atoms with Gasteiger partial charge in [-0.1, -0.05) is 6.92 Å². The molecule has 1 aliphatic heterocycles. The minimum Gasteiger partial charge on any atom is -0.292 e. The zero-order chi connectivity index (χ0) is 15.9. The van der Waals surface area contributed by atoms with Crippen LogP contribution in [0.4, 0.5) is 0 Å². The SMILES string of the molecule is CCCS(=O)(=O)N1CC[C@H](n2c(=O)n(C)c3cncnc32)C1. The Labute approximate surface area is 128 Å². The van der Waals surface area contributed by atoms with Crippen molar-refractivity contribution in [1.29, 1.82) is 0 Å². The Morgan fingerprint density at radius 1 is 1.41 bits per heavy atom. The van der Waals surface area contributed by atoms with E-state index in [1.165, 1.54) is 15.2 Å². The predicted molar refractivity (Wildman–Crippen MR) is 82.1 cm³/mol. The van der Waals surface area contributed by atoms with Crippen LogP contribution in [0.3, 0.4) is 0 Å². The fourth-order valence-corrected chi connectivity index (χ4v) is 4.54. The maximum Gasteiger partial charge on any atom is 0.330 e. The Kier molecular flexibility index (Phi) is 3.77. The highest BCUT2D eigenvalue weighted by Crippen LogP contribution is 2.25. The molecule has 0 saturated carbocycles. The molecule has 3 heterocycles. The smallest absolute Gasteiger partial charge is 0.292 e. The summed E-state index contributed by atoms with van der Waals surface area (Å²) in [5.74, 6) is 0.145.